The number of carbonyl (C=O) groups is 1. The lowest BCUT2D eigenvalue weighted by Crippen LogP contribution is -2.23. The molecule has 4 heteroatoms. The van der Waals surface area contributed by atoms with Crippen molar-refractivity contribution in [2.75, 3.05) is 5.32 Å². The number of carbonyl (C=O) groups excluding carboxylic acids is 1. The van der Waals surface area contributed by atoms with Crippen LogP contribution >= 0.6 is 11.3 Å². The number of hydrogen-bond donors (Lipinski definition) is 2. The molecule has 0 aliphatic rings. The molecule has 0 fully saturated rings. The second kappa shape index (κ2) is 7.32. The van der Waals surface area contributed by atoms with E-state index in [0.29, 0.717) is 12.1 Å². The van der Waals surface area contributed by atoms with Gasteiger partial charge in [0.05, 0.1) is 17.8 Å². The normalized spacial score (nSPS) is 10.4. The zero-order valence-corrected chi connectivity index (χ0v) is 14.6. The number of rotatable bonds is 5. The number of aryl methyl sites for hydroxylation is 1. The Labute approximate surface area is 146 Å². The zero-order chi connectivity index (χ0) is 16.9. The van der Waals surface area contributed by atoms with Gasteiger partial charge in [-0.3, -0.25) is 4.79 Å². The van der Waals surface area contributed by atoms with Gasteiger partial charge in [-0.05, 0) is 54.6 Å². The Balaban J connectivity index is 1.79. The molecule has 1 amide bonds. The van der Waals surface area contributed by atoms with E-state index in [9.17, 15) is 4.79 Å². The fourth-order valence-corrected chi connectivity index (χ4v) is 3.14. The van der Waals surface area contributed by atoms with Gasteiger partial charge in [0.1, 0.15) is 0 Å². The lowest BCUT2D eigenvalue weighted by Gasteiger charge is -2.15. The third-order valence-corrected chi connectivity index (χ3v) is 4.93. The molecule has 3 aromatic rings. The van der Waals surface area contributed by atoms with E-state index in [1.807, 2.05) is 53.9 Å². The highest BCUT2D eigenvalue weighted by Crippen LogP contribution is 2.25. The van der Waals surface area contributed by atoms with Crippen LogP contribution < -0.4 is 10.6 Å². The summed E-state index contributed by atoms with van der Waals surface area (Å²) in [7, 11) is 0. The summed E-state index contributed by atoms with van der Waals surface area (Å²) in [6.07, 6.45) is 0. The van der Waals surface area contributed by atoms with Gasteiger partial charge in [-0.1, -0.05) is 30.3 Å². The van der Waals surface area contributed by atoms with Crippen molar-refractivity contribution in [2.45, 2.75) is 20.4 Å². The summed E-state index contributed by atoms with van der Waals surface area (Å²) in [4.78, 5) is 13.7. The van der Waals surface area contributed by atoms with Crippen LogP contribution in [0.3, 0.4) is 0 Å². The van der Waals surface area contributed by atoms with Crippen molar-refractivity contribution in [3.8, 4) is 0 Å². The number of nitrogens with one attached hydrogen (secondary N) is 2. The van der Waals surface area contributed by atoms with Crippen LogP contribution in [0.25, 0.3) is 0 Å². The van der Waals surface area contributed by atoms with Gasteiger partial charge >= 0.3 is 0 Å². The molecule has 3 rings (SSSR count). The van der Waals surface area contributed by atoms with Gasteiger partial charge in [-0.25, -0.2) is 0 Å². The van der Waals surface area contributed by atoms with Crippen molar-refractivity contribution in [1.82, 2.24) is 5.32 Å². The SMILES string of the molecule is Cc1cccc(Nc2ccccc2C(=O)NCc2cccs2)c1C. The average molecular weight is 336 g/mol. The van der Waals surface area contributed by atoms with Crippen LogP contribution in [0.2, 0.25) is 0 Å². The second-order valence-electron chi connectivity index (χ2n) is 5.68. The van der Waals surface area contributed by atoms with Gasteiger partial charge in [-0.15, -0.1) is 11.3 Å². The van der Waals surface area contributed by atoms with Crippen LogP contribution in [0.4, 0.5) is 11.4 Å². The van der Waals surface area contributed by atoms with E-state index in [0.717, 1.165) is 16.3 Å². The molecule has 0 aliphatic carbocycles. The van der Waals surface area contributed by atoms with Crippen molar-refractivity contribution in [1.29, 1.82) is 0 Å². The third kappa shape index (κ3) is 3.66. The van der Waals surface area contributed by atoms with Crippen molar-refractivity contribution in [2.24, 2.45) is 0 Å². The Morgan fingerprint density at radius 3 is 2.54 bits per heavy atom. The van der Waals surface area contributed by atoms with Gasteiger partial charge in [0.15, 0.2) is 0 Å². The lowest BCUT2D eigenvalue weighted by molar-refractivity contribution is 0.0952. The number of anilines is 2. The van der Waals surface area contributed by atoms with Crippen LogP contribution in [0, 0.1) is 13.8 Å². The van der Waals surface area contributed by atoms with E-state index in [1.54, 1.807) is 11.3 Å². The molecule has 1 aromatic heterocycles. The minimum Gasteiger partial charge on any atom is -0.355 e. The smallest absolute Gasteiger partial charge is 0.253 e. The summed E-state index contributed by atoms with van der Waals surface area (Å²) < 4.78 is 0. The van der Waals surface area contributed by atoms with Gasteiger partial charge in [0.2, 0.25) is 0 Å². The first-order valence-corrected chi connectivity index (χ1v) is 8.76. The highest BCUT2D eigenvalue weighted by molar-refractivity contribution is 7.09. The monoisotopic (exact) mass is 336 g/mol. The molecular formula is C20H20N2OS. The van der Waals surface area contributed by atoms with E-state index in [2.05, 4.69) is 30.5 Å². The van der Waals surface area contributed by atoms with Gasteiger partial charge in [0, 0.05) is 10.6 Å². The maximum atomic E-state index is 12.6. The molecule has 2 N–H and O–H groups in total. The third-order valence-electron chi connectivity index (χ3n) is 4.05. The molecule has 24 heavy (non-hydrogen) atoms. The fourth-order valence-electron chi connectivity index (χ4n) is 2.50. The van der Waals surface area contributed by atoms with Gasteiger partial charge in [-0.2, -0.15) is 0 Å². The number of hydrogen-bond acceptors (Lipinski definition) is 3. The predicted molar refractivity (Wildman–Crippen MR) is 101 cm³/mol. The second-order valence-corrected chi connectivity index (χ2v) is 6.71. The number of benzene rings is 2. The minimum atomic E-state index is -0.0724. The van der Waals surface area contributed by atoms with Crippen molar-refractivity contribution >= 4 is 28.6 Å². The summed E-state index contributed by atoms with van der Waals surface area (Å²) in [5.41, 5.74) is 4.89. The molecule has 0 unspecified atom stereocenters. The zero-order valence-electron chi connectivity index (χ0n) is 13.8. The van der Waals surface area contributed by atoms with Crippen molar-refractivity contribution in [3.63, 3.8) is 0 Å². The molecule has 0 spiro atoms. The van der Waals surface area contributed by atoms with Crippen molar-refractivity contribution in [3.05, 3.63) is 81.5 Å². The summed E-state index contributed by atoms with van der Waals surface area (Å²) in [6, 6.07) is 17.7. The van der Waals surface area contributed by atoms with Gasteiger partial charge < -0.3 is 10.6 Å². The highest BCUT2D eigenvalue weighted by Gasteiger charge is 2.12. The largest absolute Gasteiger partial charge is 0.355 e. The molecule has 0 bridgehead atoms. The molecule has 3 nitrogen and oxygen atoms in total. The molecule has 0 saturated carbocycles. The molecule has 2 aromatic carbocycles. The van der Waals surface area contributed by atoms with E-state index in [-0.39, 0.29) is 5.91 Å². The number of thiophene rings is 1. The molecular weight excluding hydrogens is 316 g/mol. The van der Waals surface area contributed by atoms with Crippen molar-refractivity contribution < 1.29 is 4.79 Å². The Morgan fingerprint density at radius 2 is 1.75 bits per heavy atom. The lowest BCUT2D eigenvalue weighted by atomic mass is 10.1. The highest BCUT2D eigenvalue weighted by atomic mass is 32.1. The summed E-state index contributed by atoms with van der Waals surface area (Å²) in [6.45, 7) is 4.71. The summed E-state index contributed by atoms with van der Waals surface area (Å²) >= 11 is 1.64. The standard InChI is InChI=1S/C20H20N2OS/c1-14-7-5-11-18(15(14)2)22-19-10-4-3-9-17(19)20(23)21-13-16-8-6-12-24-16/h3-12,22H,13H2,1-2H3,(H,21,23). The van der Waals surface area contributed by atoms with E-state index < -0.39 is 0 Å². The Kier molecular flexibility index (Phi) is 4.96. The van der Waals surface area contributed by atoms with Crippen LogP contribution in [0.1, 0.15) is 26.4 Å². The first-order chi connectivity index (χ1) is 11.6. The average Bonchev–Trinajstić information content (AvgIpc) is 3.11. The number of amides is 1. The van der Waals surface area contributed by atoms with Crippen LogP contribution in [0.15, 0.2) is 60.0 Å². The maximum Gasteiger partial charge on any atom is 0.253 e. The molecule has 0 radical (unpaired) electrons. The molecule has 122 valence electrons. The number of para-hydroxylation sites is 1. The van der Waals surface area contributed by atoms with E-state index >= 15 is 0 Å². The quantitative estimate of drug-likeness (QED) is 0.685. The fraction of sp³-hybridized carbons (Fsp3) is 0.150. The Morgan fingerprint density at radius 1 is 0.958 bits per heavy atom. The predicted octanol–water partition coefficient (Wildman–Crippen LogP) is 5.04. The van der Waals surface area contributed by atoms with Gasteiger partial charge in [0.25, 0.3) is 5.91 Å². The first kappa shape index (κ1) is 16.3. The maximum absolute atomic E-state index is 12.6. The van der Waals surface area contributed by atoms with E-state index in [1.165, 1.54) is 11.1 Å². The topological polar surface area (TPSA) is 41.1 Å². The molecule has 0 aliphatic heterocycles. The Bertz CT molecular complexity index is 841. The Hall–Kier alpha value is -2.59. The van der Waals surface area contributed by atoms with Crippen LogP contribution in [-0.2, 0) is 6.54 Å². The first-order valence-electron chi connectivity index (χ1n) is 7.88. The molecule has 1 heterocycles. The molecule has 0 atom stereocenters. The van der Waals surface area contributed by atoms with E-state index in [4.69, 9.17) is 0 Å². The summed E-state index contributed by atoms with van der Waals surface area (Å²) in [5.74, 6) is -0.0724. The minimum absolute atomic E-state index is 0.0724. The van der Waals surface area contributed by atoms with Crippen LogP contribution in [0.5, 0.6) is 0 Å². The summed E-state index contributed by atoms with van der Waals surface area (Å²) in [5, 5.41) is 8.39. The van der Waals surface area contributed by atoms with Crippen LogP contribution in [-0.4, -0.2) is 5.91 Å². The molecule has 0 saturated heterocycles.